The highest BCUT2D eigenvalue weighted by Crippen LogP contribution is 2.46. The second-order valence-corrected chi connectivity index (χ2v) is 29.0. The van der Waals surface area contributed by atoms with E-state index in [-0.39, 0.29) is 68.3 Å². The average Bonchev–Trinajstić information content (AvgIpc) is 1.54. The first-order valence-corrected chi connectivity index (χ1v) is 35.4. The highest BCUT2D eigenvalue weighted by molar-refractivity contribution is 8.14. The van der Waals surface area contributed by atoms with Crippen LogP contribution < -0.4 is 31.1 Å². The lowest BCUT2D eigenvalue weighted by Gasteiger charge is -2.38. The van der Waals surface area contributed by atoms with Gasteiger partial charge in [-0.15, -0.1) is 0 Å². The van der Waals surface area contributed by atoms with Crippen molar-refractivity contribution in [1.82, 2.24) is 49.2 Å². The molecule has 9 aromatic rings. The van der Waals surface area contributed by atoms with Crippen molar-refractivity contribution in [3.63, 3.8) is 0 Å². The molecule has 4 heterocycles. The van der Waals surface area contributed by atoms with E-state index in [1.165, 1.54) is 12.7 Å². The Morgan fingerprint density at radius 2 is 0.935 bits per heavy atom. The van der Waals surface area contributed by atoms with Crippen LogP contribution in [0.4, 0.5) is 11.6 Å². The van der Waals surface area contributed by atoms with E-state index < -0.39 is 31.5 Å². The predicted molar refractivity (Wildman–Crippen MR) is 363 cm³/mol. The summed E-state index contributed by atoms with van der Waals surface area (Å²) in [5.41, 5.74) is 15.6. The van der Waals surface area contributed by atoms with Crippen LogP contribution in [0.1, 0.15) is 55.5 Å². The number of anilines is 2. The molecule has 0 bridgehead atoms. The van der Waals surface area contributed by atoms with Gasteiger partial charge in [0.15, 0.2) is 33.2 Å². The number of nitrogen functional groups attached to an aromatic ring is 2. The largest absolute Gasteiger partial charge is 0.497 e. The Morgan fingerprint density at radius 1 is 0.538 bits per heavy atom. The van der Waals surface area contributed by atoms with Crippen molar-refractivity contribution in [2.75, 3.05) is 89.5 Å². The molecule has 28 heteroatoms. The number of nitrogens with two attached hydrogens (primary N) is 2. The number of rotatable bonds is 35. The van der Waals surface area contributed by atoms with Crippen LogP contribution in [-0.2, 0) is 73.8 Å². The van der Waals surface area contributed by atoms with Crippen LogP contribution in [0.15, 0.2) is 165 Å². The Morgan fingerprint density at radius 3 is 1.34 bits per heavy atom. The van der Waals surface area contributed by atoms with Crippen LogP contribution in [0.25, 0.3) is 22.3 Å². The summed E-state index contributed by atoms with van der Waals surface area (Å²) in [7, 11) is -3.62. The lowest BCUT2D eigenvalue weighted by Crippen LogP contribution is -2.38. The smallest absolute Gasteiger partial charge is 0.295 e. The molecule has 0 saturated carbocycles. The van der Waals surface area contributed by atoms with Crippen molar-refractivity contribution in [3.8, 4) is 11.5 Å². The maximum atomic E-state index is 14.1. The number of imidazole rings is 2. The van der Waals surface area contributed by atoms with Gasteiger partial charge < -0.3 is 58.4 Å². The van der Waals surface area contributed by atoms with Gasteiger partial charge in [0, 0.05) is 37.7 Å². The molecule has 0 fully saturated rings. The number of ether oxygens (including phenoxy) is 5. The third kappa shape index (κ3) is 19.8. The van der Waals surface area contributed by atoms with Crippen LogP contribution in [0.2, 0.25) is 0 Å². The quantitative estimate of drug-likeness (QED) is 0.0140. The highest BCUT2D eigenvalue weighted by atomic mass is 32.2. The molecule has 0 spiro atoms. The van der Waals surface area contributed by atoms with Crippen LogP contribution in [0, 0.1) is 10.8 Å². The van der Waals surface area contributed by atoms with Crippen molar-refractivity contribution in [2.24, 2.45) is 10.8 Å². The number of aliphatic hydroxyl groups is 1. The first kappa shape index (κ1) is 71.4. The number of aliphatic hydroxyl groups excluding tert-OH is 1. The minimum absolute atomic E-state index is 0.0454. The van der Waals surface area contributed by atoms with Gasteiger partial charge in [0.05, 0.1) is 77.3 Å². The van der Waals surface area contributed by atoms with Gasteiger partial charge in [-0.1, -0.05) is 139 Å². The fourth-order valence-corrected chi connectivity index (χ4v) is 13.9. The van der Waals surface area contributed by atoms with Crippen molar-refractivity contribution in [1.29, 1.82) is 0 Å². The highest BCUT2D eigenvalue weighted by Gasteiger charge is 2.41. The fraction of sp³-hybridized carbons (Fsp3) is 0.354. The Kier molecular flexibility index (Phi) is 26.2. The summed E-state index contributed by atoms with van der Waals surface area (Å²) in [6.45, 7) is 8.99. The molecule has 5 aromatic carbocycles. The van der Waals surface area contributed by atoms with E-state index in [2.05, 4.69) is 40.1 Å². The third-order valence-electron chi connectivity index (χ3n) is 14.6. The van der Waals surface area contributed by atoms with Crippen molar-refractivity contribution >= 4 is 82.8 Å². The number of carbonyl (C=O) groups is 2. The molecule has 93 heavy (non-hydrogen) atoms. The SMILES string of the molecule is CC(C)(CO)C(=O)SCCOP(=O)(COCCn1cnc2c(N)ncnc21)NCc1ccccc1.COc1ccc(C(OCC(C)(C)C(=O)SCCOP(=O)(COCCn2cnc3c(N)ncnc32)NCc2ccccc2)(c2ccccc2)c2ccc(OC)cc2)cc1. The number of benzene rings is 5. The summed E-state index contributed by atoms with van der Waals surface area (Å²) in [5, 5.41) is 15.2. The monoisotopic (exact) mass is 1350 g/mol. The van der Waals surface area contributed by atoms with Gasteiger partial charge in [0.2, 0.25) is 0 Å². The fourth-order valence-electron chi connectivity index (χ4n) is 9.21. The number of aromatic nitrogens is 8. The van der Waals surface area contributed by atoms with Crippen molar-refractivity contribution in [3.05, 3.63) is 193 Å². The van der Waals surface area contributed by atoms with Crippen LogP contribution >= 0.6 is 38.6 Å². The molecular formula is C65H80N12O12P2S2. The van der Waals surface area contributed by atoms with Gasteiger partial charge in [0.25, 0.3) is 15.0 Å². The van der Waals surface area contributed by atoms with Crippen LogP contribution in [-0.4, -0.2) is 132 Å². The van der Waals surface area contributed by atoms with Crippen LogP contribution in [0.3, 0.4) is 0 Å². The lowest BCUT2D eigenvalue weighted by molar-refractivity contribution is -0.124. The second-order valence-electron chi connectivity index (χ2n) is 22.5. The van der Waals surface area contributed by atoms with Crippen molar-refractivity contribution < 1.29 is 56.6 Å². The first-order chi connectivity index (χ1) is 44.8. The molecular weight excluding hydrogens is 1270 g/mol. The molecule has 2 unspecified atom stereocenters. The van der Waals surface area contributed by atoms with E-state index in [1.54, 1.807) is 49.9 Å². The third-order valence-corrected chi connectivity index (χ3v) is 20.5. The van der Waals surface area contributed by atoms with E-state index in [9.17, 15) is 23.8 Å². The lowest BCUT2D eigenvalue weighted by atomic mass is 9.79. The Balaban J connectivity index is 0.000000271. The number of thioether (sulfide) groups is 2. The molecule has 2 atom stereocenters. The molecule has 9 rings (SSSR count). The molecule has 0 aliphatic rings. The molecule has 494 valence electrons. The molecule has 24 nitrogen and oxygen atoms in total. The molecule has 4 aromatic heterocycles. The summed E-state index contributed by atoms with van der Waals surface area (Å²) in [4.78, 5) is 50.9. The number of fused-ring (bicyclic) bond motifs is 2. The summed E-state index contributed by atoms with van der Waals surface area (Å²) in [6, 6.07) is 44.6. The molecule has 0 radical (unpaired) electrons. The number of nitrogens with zero attached hydrogens (tertiary/aromatic N) is 8. The molecule has 7 N–H and O–H groups in total. The zero-order valence-corrected chi connectivity index (χ0v) is 56.3. The maximum Gasteiger partial charge on any atom is 0.295 e. The van der Waals surface area contributed by atoms with E-state index in [0.717, 1.165) is 51.3 Å². The van der Waals surface area contributed by atoms with Gasteiger partial charge in [-0.3, -0.25) is 18.7 Å². The van der Waals surface area contributed by atoms with Crippen LogP contribution in [0.5, 0.6) is 11.5 Å². The zero-order chi connectivity index (χ0) is 66.3. The number of methoxy groups -OCH3 is 2. The van der Waals surface area contributed by atoms with Gasteiger partial charge in [-0.25, -0.2) is 40.1 Å². The topological polar surface area (TPSA) is 316 Å². The number of hydrogen-bond donors (Lipinski definition) is 5. The minimum Gasteiger partial charge on any atom is -0.497 e. The molecule has 0 amide bonds. The van der Waals surface area contributed by atoms with E-state index in [0.29, 0.717) is 77.4 Å². The van der Waals surface area contributed by atoms with E-state index in [4.69, 9.17) is 44.2 Å². The normalized spacial score (nSPS) is 13.2. The predicted octanol–water partition coefficient (Wildman–Crippen LogP) is 10.4. The maximum absolute atomic E-state index is 14.1. The van der Waals surface area contributed by atoms with E-state index in [1.807, 2.05) is 153 Å². The molecule has 0 aliphatic carbocycles. The van der Waals surface area contributed by atoms with Gasteiger partial charge >= 0.3 is 0 Å². The summed E-state index contributed by atoms with van der Waals surface area (Å²) >= 11 is 2.16. The standard InChI is InChI=1S/C43H49N6O7PS.C22H31N6O5PS/c1-42(2,28-55-43(33-13-9-6-10-14-33,34-15-19-36(52-3)20-16-34)35-17-21-37(53-4)22-18-35)41(50)58-26-25-56-57(51,48-27-32-11-7-5-8-12-32)31-54-24-23-49-30-47-38-39(44)45-29-46-40(38)49;1-22(2,13-29)21(30)35-11-10-33-34(31,27-12-17-6-4-3-5-7-17)16-32-9-8-28-15-26-18-19(23)24-14-25-20(18)28/h5-22,29-30H,23-28,31H2,1-4H3,(H,48,51)(H2,44,45,46);3-7,14-15,29H,8-13,16H2,1-2H3,(H,27,31)(H2,23,24,25). The minimum atomic E-state index is -3.51. The summed E-state index contributed by atoms with van der Waals surface area (Å²) < 4.78 is 72.4. The summed E-state index contributed by atoms with van der Waals surface area (Å²) in [6.07, 6.45) is 5.64. The zero-order valence-electron chi connectivity index (χ0n) is 52.9. The van der Waals surface area contributed by atoms with Crippen molar-refractivity contribution in [2.45, 2.75) is 59.5 Å². The Labute approximate surface area is 549 Å². The Hall–Kier alpha value is -7.42. The van der Waals surface area contributed by atoms with Gasteiger partial charge in [0.1, 0.15) is 53.5 Å². The number of nitrogens with one attached hydrogen (secondary N) is 2. The molecule has 0 saturated heterocycles. The van der Waals surface area contributed by atoms with Gasteiger partial charge in [-0.05, 0) is 79.8 Å². The second kappa shape index (κ2) is 34.1. The summed E-state index contributed by atoms with van der Waals surface area (Å²) in [5.74, 6) is 2.60. The van der Waals surface area contributed by atoms with Gasteiger partial charge in [-0.2, -0.15) is 0 Å². The Bertz CT molecular complexity index is 3870. The molecule has 0 aliphatic heterocycles. The average molecular weight is 1350 g/mol. The van der Waals surface area contributed by atoms with E-state index >= 15 is 0 Å². The first-order valence-electron chi connectivity index (χ1n) is 29.8. The number of carbonyl (C=O) groups excluding carboxylic acids is 2. The number of hydrogen-bond acceptors (Lipinski definition) is 22.